The Bertz CT molecular complexity index is 278. The van der Waals surface area contributed by atoms with E-state index in [2.05, 4.69) is 5.32 Å². The number of nitrogens with one attached hydrogen (secondary N) is 1. The van der Waals surface area contributed by atoms with Gasteiger partial charge in [0.05, 0.1) is 12.1 Å². The lowest BCUT2D eigenvalue weighted by Crippen LogP contribution is -2.47. The summed E-state index contributed by atoms with van der Waals surface area (Å²) in [5, 5.41) is 10.9. The second-order valence-electron chi connectivity index (χ2n) is 3.59. The minimum atomic E-state index is -0.999. The summed E-state index contributed by atoms with van der Waals surface area (Å²) in [5.74, 6) is -1.57. The van der Waals surface area contributed by atoms with Crippen LogP contribution in [0.25, 0.3) is 0 Å². The van der Waals surface area contributed by atoms with E-state index in [4.69, 9.17) is 10.8 Å². The maximum absolute atomic E-state index is 11.4. The molecule has 0 fully saturated rings. The Morgan fingerprint density at radius 1 is 1.38 bits per heavy atom. The zero-order chi connectivity index (χ0) is 12.7. The third kappa shape index (κ3) is 5.45. The van der Waals surface area contributed by atoms with Crippen molar-refractivity contribution in [3.05, 3.63) is 0 Å². The summed E-state index contributed by atoms with van der Waals surface area (Å²) in [6.07, 6.45) is 0.241. The second kappa shape index (κ2) is 6.95. The van der Waals surface area contributed by atoms with E-state index >= 15 is 0 Å². The highest BCUT2D eigenvalue weighted by Gasteiger charge is 2.19. The molecule has 0 aliphatic heterocycles. The molecule has 0 aromatic heterocycles. The largest absolute Gasteiger partial charge is 0.481 e. The van der Waals surface area contributed by atoms with Crippen LogP contribution in [0.2, 0.25) is 0 Å². The highest BCUT2D eigenvalue weighted by molar-refractivity contribution is 5.90. The summed E-state index contributed by atoms with van der Waals surface area (Å²) >= 11 is 0. The van der Waals surface area contributed by atoms with Gasteiger partial charge in [-0.25, -0.2) is 0 Å². The molecule has 0 radical (unpaired) electrons. The summed E-state index contributed by atoms with van der Waals surface area (Å²) in [6, 6.07) is -1.46. The highest BCUT2D eigenvalue weighted by atomic mass is 16.4. The number of aliphatic carboxylic acids is 1. The van der Waals surface area contributed by atoms with Crippen LogP contribution in [0.3, 0.4) is 0 Å². The number of Topliss-reactive ketones (excluding diaryl/α,β-unsaturated/α-hetero) is 1. The first-order valence-electron chi connectivity index (χ1n) is 5.19. The molecule has 16 heavy (non-hydrogen) atoms. The predicted octanol–water partition coefficient (Wildman–Crippen LogP) is -0.338. The SMILES string of the molecule is CCC(=O)[C@H](C)NC(=O)[C@@H](N)CCC(=O)O. The summed E-state index contributed by atoms with van der Waals surface area (Å²) < 4.78 is 0. The standard InChI is InChI=1S/C10H18N2O4/c1-3-8(13)6(2)12-10(16)7(11)4-5-9(14)15/h6-7H,3-5,11H2,1-2H3,(H,12,16)(H,14,15)/t6-,7-/m0/s1. The Hall–Kier alpha value is -1.43. The van der Waals surface area contributed by atoms with Crippen LogP contribution in [0.5, 0.6) is 0 Å². The zero-order valence-electron chi connectivity index (χ0n) is 9.53. The smallest absolute Gasteiger partial charge is 0.303 e. The summed E-state index contributed by atoms with van der Waals surface area (Å²) in [5.41, 5.74) is 5.47. The molecule has 2 atom stereocenters. The number of carboxylic acids is 1. The number of hydrogen-bond acceptors (Lipinski definition) is 4. The maximum Gasteiger partial charge on any atom is 0.303 e. The minimum Gasteiger partial charge on any atom is -0.481 e. The first-order chi connectivity index (χ1) is 7.38. The fourth-order valence-corrected chi connectivity index (χ4v) is 1.12. The molecule has 6 heteroatoms. The van der Waals surface area contributed by atoms with Gasteiger partial charge in [0.2, 0.25) is 5.91 Å². The van der Waals surface area contributed by atoms with E-state index in [1.165, 1.54) is 0 Å². The van der Waals surface area contributed by atoms with Crippen molar-refractivity contribution in [3.63, 3.8) is 0 Å². The summed E-state index contributed by atoms with van der Waals surface area (Å²) in [6.45, 7) is 3.28. The van der Waals surface area contributed by atoms with Crippen molar-refractivity contribution in [2.24, 2.45) is 5.73 Å². The molecule has 0 aromatic carbocycles. The molecular formula is C10H18N2O4. The van der Waals surface area contributed by atoms with Crippen molar-refractivity contribution in [1.29, 1.82) is 0 Å². The molecule has 1 amide bonds. The van der Waals surface area contributed by atoms with Gasteiger partial charge in [0, 0.05) is 12.8 Å². The number of nitrogens with two attached hydrogens (primary N) is 1. The first-order valence-corrected chi connectivity index (χ1v) is 5.19. The number of carbonyl (C=O) groups is 3. The Kier molecular flexibility index (Phi) is 6.32. The Labute approximate surface area is 94.2 Å². The van der Waals surface area contributed by atoms with Crippen LogP contribution in [0.1, 0.15) is 33.1 Å². The van der Waals surface area contributed by atoms with Crippen LogP contribution in [0, 0.1) is 0 Å². The number of carbonyl (C=O) groups excluding carboxylic acids is 2. The van der Waals surface area contributed by atoms with Crippen LogP contribution in [-0.2, 0) is 14.4 Å². The van der Waals surface area contributed by atoms with Crippen molar-refractivity contribution >= 4 is 17.7 Å². The lowest BCUT2D eigenvalue weighted by Gasteiger charge is -2.15. The van der Waals surface area contributed by atoms with E-state index in [1.54, 1.807) is 13.8 Å². The molecule has 0 heterocycles. The van der Waals surface area contributed by atoms with Gasteiger partial charge in [-0.05, 0) is 13.3 Å². The molecule has 0 bridgehead atoms. The van der Waals surface area contributed by atoms with Gasteiger partial charge < -0.3 is 16.2 Å². The van der Waals surface area contributed by atoms with Gasteiger partial charge in [-0.15, -0.1) is 0 Å². The van der Waals surface area contributed by atoms with E-state index in [0.29, 0.717) is 6.42 Å². The van der Waals surface area contributed by atoms with Crippen molar-refractivity contribution in [2.75, 3.05) is 0 Å². The number of hydrogen-bond donors (Lipinski definition) is 3. The molecule has 0 saturated carbocycles. The first kappa shape index (κ1) is 14.6. The predicted molar refractivity (Wildman–Crippen MR) is 57.7 cm³/mol. The fourth-order valence-electron chi connectivity index (χ4n) is 1.12. The van der Waals surface area contributed by atoms with Gasteiger partial charge in [-0.3, -0.25) is 14.4 Å². The Morgan fingerprint density at radius 3 is 2.38 bits per heavy atom. The van der Waals surface area contributed by atoms with E-state index in [9.17, 15) is 14.4 Å². The topological polar surface area (TPSA) is 109 Å². The average Bonchev–Trinajstić information content (AvgIpc) is 2.24. The van der Waals surface area contributed by atoms with Crippen LogP contribution < -0.4 is 11.1 Å². The molecule has 0 aromatic rings. The van der Waals surface area contributed by atoms with Crippen molar-refractivity contribution in [3.8, 4) is 0 Å². The molecular weight excluding hydrogens is 212 g/mol. The van der Waals surface area contributed by atoms with Crippen LogP contribution >= 0.6 is 0 Å². The number of carboxylic acid groups (broad SMARTS) is 1. The normalized spacial score (nSPS) is 13.9. The molecule has 0 saturated heterocycles. The van der Waals surface area contributed by atoms with Crippen molar-refractivity contribution < 1.29 is 19.5 Å². The van der Waals surface area contributed by atoms with Gasteiger partial charge in [0.1, 0.15) is 0 Å². The van der Waals surface area contributed by atoms with Gasteiger partial charge in [-0.1, -0.05) is 6.92 Å². The molecule has 0 rings (SSSR count). The lowest BCUT2D eigenvalue weighted by molar-refractivity contribution is -0.137. The minimum absolute atomic E-state index is 0.0637. The number of rotatable bonds is 7. The molecule has 0 aliphatic carbocycles. The van der Waals surface area contributed by atoms with Gasteiger partial charge in [0.15, 0.2) is 5.78 Å². The van der Waals surface area contributed by atoms with Crippen molar-refractivity contribution in [2.45, 2.75) is 45.2 Å². The van der Waals surface area contributed by atoms with E-state index in [0.717, 1.165) is 0 Å². The Balaban J connectivity index is 4.04. The molecule has 0 aliphatic rings. The fraction of sp³-hybridized carbons (Fsp3) is 0.700. The average molecular weight is 230 g/mol. The molecule has 4 N–H and O–H groups in total. The third-order valence-corrected chi connectivity index (χ3v) is 2.20. The number of ketones is 1. The van der Waals surface area contributed by atoms with Gasteiger partial charge in [-0.2, -0.15) is 0 Å². The van der Waals surface area contributed by atoms with E-state index in [1.807, 2.05) is 0 Å². The second-order valence-corrected chi connectivity index (χ2v) is 3.59. The van der Waals surface area contributed by atoms with E-state index in [-0.39, 0.29) is 18.6 Å². The zero-order valence-corrected chi connectivity index (χ0v) is 9.53. The van der Waals surface area contributed by atoms with Crippen LogP contribution in [-0.4, -0.2) is 34.8 Å². The highest BCUT2D eigenvalue weighted by Crippen LogP contribution is 1.97. The Morgan fingerprint density at radius 2 is 1.94 bits per heavy atom. The lowest BCUT2D eigenvalue weighted by atomic mass is 10.1. The summed E-state index contributed by atoms with van der Waals surface area (Å²) in [7, 11) is 0. The third-order valence-electron chi connectivity index (χ3n) is 2.20. The van der Waals surface area contributed by atoms with Gasteiger partial charge in [0.25, 0.3) is 0 Å². The molecule has 6 nitrogen and oxygen atoms in total. The molecule has 0 unspecified atom stereocenters. The van der Waals surface area contributed by atoms with Crippen molar-refractivity contribution in [1.82, 2.24) is 5.32 Å². The number of amides is 1. The summed E-state index contributed by atoms with van der Waals surface area (Å²) in [4.78, 5) is 32.9. The van der Waals surface area contributed by atoms with E-state index < -0.39 is 24.0 Å². The van der Waals surface area contributed by atoms with Crippen LogP contribution in [0.4, 0.5) is 0 Å². The quantitative estimate of drug-likeness (QED) is 0.554. The molecule has 0 spiro atoms. The molecule has 92 valence electrons. The monoisotopic (exact) mass is 230 g/mol. The van der Waals surface area contributed by atoms with Crippen LogP contribution in [0.15, 0.2) is 0 Å². The maximum atomic E-state index is 11.4. The van der Waals surface area contributed by atoms with Gasteiger partial charge >= 0.3 is 5.97 Å².